The topological polar surface area (TPSA) is 0 Å². The summed E-state index contributed by atoms with van der Waals surface area (Å²) in [6.07, 6.45) is 0. The molecular formula is C16H24W-2. The van der Waals surface area contributed by atoms with E-state index in [1.165, 1.54) is 11.1 Å². The third kappa shape index (κ3) is 6.03. The van der Waals surface area contributed by atoms with E-state index in [-0.39, 0.29) is 21.1 Å². The fraction of sp³-hybridized carbons (Fsp3) is 0.375. The Morgan fingerprint density at radius 2 is 0.824 bits per heavy atom. The van der Waals surface area contributed by atoms with Crippen LogP contribution >= 0.6 is 0 Å². The second kappa shape index (κ2) is 8.47. The van der Waals surface area contributed by atoms with Gasteiger partial charge in [-0.1, -0.05) is 39.5 Å². The molecule has 2 aromatic carbocycles. The van der Waals surface area contributed by atoms with E-state index in [2.05, 4.69) is 76.2 Å². The molecular weight excluding hydrogens is 376 g/mol. The normalized spacial score (nSPS) is 9.76. The van der Waals surface area contributed by atoms with E-state index in [1.54, 1.807) is 0 Å². The van der Waals surface area contributed by atoms with Gasteiger partial charge in [0.05, 0.1) is 0 Å². The quantitative estimate of drug-likeness (QED) is 0.651. The van der Waals surface area contributed by atoms with Gasteiger partial charge in [-0.3, -0.25) is 0 Å². The van der Waals surface area contributed by atoms with E-state index in [0.717, 1.165) is 0 Å². The van der Waals surface area contributed by atoms with Crippen molar-refractivity contribution in [2.45, 2.75) is 39.5 Å². The fourth-order valence-electron chi connectivity index (χ4n) is 1.55. The van der Waals surface area contributed by atoms with Crippen molar-refractivity contribution in [3.8, 4) is 0 Å². The van der Waals surface area contributed by atoms with Crippen molar-refractivity contribution in [3.63, 3.8) is 0 Å². The van der Waals surface area contributed by atoms with Gasteiger partial charge in [0.15, 0.2) is 0 Å². The van der Waals surface area contributed by atoms with Gasteiger partial charge in [-0.05, 0) is 0 Å². The number of rotatable bonds is 2. The molecule has 0 aliphatic heterocycles. The molecule has 96 valence electrons. The summed E-state index contributed by atoms with van der Waals surface area (Å²) in [5, 5.41) is 0. The van der Waals surface area contributed by atoms with Gasteiger partial charge in [-0.15, -0.1) is 0 Å². The zero-order valence-electron chi connectivity index (χ0n) is 11.3. The number of hydrogen-bond acceptors (Lipinski definition) is 0. The zero-order chi connectivity index (χ0) is 12.0. The van der Waals surface area contributed by atoms with Gasteiger partial charge in [0.1, 0.15) is 0 Å². The van der Waals surface area contributed by atoms with E-state index >= 15 is 0 Å². The van der Waals surface area contributed by atoms with Crippen LogP contribution in [0.15, 0.2) is 48.5 Å². The van der Waals surface area contributed by atoms with Crippen LogP contribution in [-0.4, -0.2) is 0 Å². The van der Waals surface area contributed by atoms with Crippen LogP contribution in [0.4, 0.5) is 0 Å². The van der Waals surface area contributed by atoms with Gasteiger partial charge in [-0.25, -0.2) is 24.3 Å². The molecule has 0 saturated carbocycles. The summed E-state index contributed by atoms with van der Waals surface area (Å²) in [5.41, 5.74) is 2.87. The van der Waals surface area contributed by atoms with E-state index in [0.29, 0.717) is 11.8 Å². The first-order valence-corrected chi connectivity index (χ1v) is 6.04. The van der Waals surface area contributed by atoms with E-state index < -0.39 is 0 Å². The molecule has 0 atom stereocenters. The van der Waals surface area contributed by atoms with Gasteiger partial charge < -0.3 is 0 Å². The van der Waals surface area contributed by atoms with Crippen molar-refractivity contribution >= 4 is 0 Å². The monoisotopic (exact) mass is 400 g/mol. The van der Waals surface area contributed by atoms with Crippen LogP contribution in [0, 0.1) is 0 Å². The van der Waals surface area contributed by atoms with Gasteiger partial charge >= 0.3 is 21.1 Å². The Kier molecular flexibility index (Phi) is 8.17. The van der Waals surface area contributed by atoms with Crippen molar-refractivity contribution < 1.29 is 21.1 Å². The molecule has 1 heteroatoms. The summed E-state index contributed by atoms with van der Waals surface area (Å²) < 4.78 is 0. The third-order valence-corrected chi connectivity index (χ3v) is 2.71. The van der Waals surface area contributed by atoms with Crippen LogP contribution in [0.25, 0.3) is 0 Å². The molecule has 0 bridgehead atoms. The van der Waals surface area contributed by atoms with Crippen molar-refractivity contribution in [2.24, 2.45) is 0 Å². The van der Waals surface area contributed by atoms with Gasteiger partial charge in [0.2, 0.25) is 0 Å². The minimum atomic E-state index is 0. The molecule has 0 radical (unpaired) electrons. The SMILES string of the molecule is CC(C)[c-]1cccc1.CC(C)[c-]1cccc1.[WH2]. The molecule has 0 N–H and O–H groups in total. The van der Waals surface area contributed by atoms with Crippen molar-refractivity contribution in [1.82, 2.24) is 0 Å². The van der Waals surface area contributed by atoms with Crippen LogP contribution < -0.4 is 0 Å². The van der Waals surface area contributed by atoms with Gasteiger partial charge in [-0.2, -0.15) is 35.4 Å². The summed E-state index contributed by atoms with van der Waals surface area (Å²) in [6, 6.07) is 16.9. The molecule has 0 fully saturated rings. The average molecular weight is 400 g/mol. The molecule has 2 aromatic rings. The van der Waals surface area contributed by atoms with Gasteiger partial charge in [0.25, 0.3) is 0 Å². The third-order valence-electron chi connectivity index (χ3n) is 2.71. The zero-order valence-corrected chi connectivity index (χ0v) is 14.9. The minimum absolute atomic E-state index is 0. The Morgan fingerprint density at radius 3 is 0.941 bits per heavy atom. The van der Waals surface area contributed by atoms with Crippen LogP contribution in [0.3, 0.4) is 0 Å². The molecule has 0 heterocycles. The van der Waals surface area contributed by atoms with Crippen LogP contribution in [0.1, 0.15) is 50.7 Å². The standard InChI is InChI=1S/2C8H11.W.2H/c2*1-7(2)8-5-3-4-6-8;;;/h2*3-7H,1-2H3;;;/q2*-1;;;. The summed E-state index contributed by atoms with van der Waals surface area (Å²) in [7, 11) is 0. The molecule has 0 saturated heterocycles. The molecule has 0 amide bonds. The average Bonchev–Trinajstić information content (AvgIpc) is 2.93. The predicted molar refractivity (Wildman–Crippen MR) is 75.0 cm³/mol. The Labute approximate surface area is 120 Å². The molecule has 0 nitrogen and oxygen atoms in total. The Hall–Kier alpha value is -0.612. The molecule has 0 unspecified atom stereocenters. The first-order valence-electron chi connectivity index (χ1n) is 6.04. The first kappa shape index (κ1) is 16.4. The molecule has 0 aromatic heterocycles. The van der Waals surface area contributed by atoms with Crippen molar-refractivity contribution in [3.05, 3.63) is 59.7 Å². The molecule has 2 rings (SSSR count). The maximum atomic E-state index is 2.20. The molecule has 0 aliphatic rings. The van der Waals surface area contributed by atoms with Crippen LogP contribution in [0.2, 0.25) is 0 Å². The fourth-order valence-corrected chi connectivity index (χ4v) is 1.55. The second-order valence-electron chi connectivity index (χ2n) is 4.75. The Balaban J connectivity index is 0.000000284. The molecule has 17 heavy (non-hydrogen) atoms. The van der Waals surface area contributed by atoms with E-state index in [4.69, 9.17) is 0 Å². The Bertz CT molecular complexity index is 314. The second-order valence-corrected chi connectivity index (χ2v) is 4.75. The summed E-state index contributed by atoms with van der Waals surface area (Å²) in [6.45, 7) is 8.81. The van der Waals surface area contributed by atoms with Crippen molar-refractivity contribution in [2.75, 3.05) is 0 Å². The molecule has 0 aliphatic carbocycles. The van der Waals surface area contributed by atoms with Crippen LogP contribution in [0.5, 0.6) is 0 Å². The first-order chi connectivity index (χ1) is 7.61. The molecule has 0 spiro atoms. The Morgan fingerprint density at radius 1 is 0.588 bits per heavy atom. The van der Waals surface area contributed by atoms with Crippen molar-refractivity contribution in [1.29, 1.82) is 0 Å². The maximum absolute atomic E-state index is 2.20. The van der Waals surface area contributed by atoms with Gasteiger partial charge in [0, 0.05) is 0 Å². The summed E-state index contributed by atoms with van der Waals surface area (Å²) in [5.74, 6) is 1.37. The predicted octanol–water partition coefficient (Wildman–Crippen LogP) is 4.52. The summed E-state index contributed by atoms with van der Waals surface area (Å²) >= 11 is 0. The van der Waals surface area contributed by atoms with E-state index in [9.17, 15) is 0 Å². The number of hydrogen-bond donors (Lipinski definition) is 0. The summed E-state index contributed by atoms with van der Waals surface area (Å²) in [4.78, 5) is 0. The van der Waals surface area contributed by atoms with E-state index in [1.807, 2.05) is 0 Å². The van der Waals surface area contributed by atoms with Crippen LogP contribution in [-0.2, 0) is 21.1 Å².